The number of aromatic nitrogens is 1. The van der Waals surface area contributed by atoms with Gasteiger partial charge in [-0.05, 0) is 36.4 Å². The number of carbonyl (C=O) groups excluding carboxylic acids is 1. The van der Waals surface area contributed by atoms with Crippen molar-refractivity contribution in [3.63, 3.8) is 0 Å². The molecule has 0 N–H and O–H groups in total. The number of halogens is 3. The third-order valence-electron chi connectivity index (χ3n) is 6.96. The molecule has 1 unspecified atom stereocenters. The van der Waals surface area contributed by atoms with Crippen molar-refractivity contribution in [3.05, 3.63) is 78.1 Å². The summed E-state index contributed by atoms with van der Waals surface area (Å²) in [6.07, 6.45) is -1.41. The fraction of sp³-hybridized carbons (Fsp3) is 0.321. The van der Waals surface area contributed by atoms with Crippen LogP contribution in [0.25, 0.3) is 0 Å². The highest BCUT2D eigenvalue weighted by atomic mass is 19.4. The minimum Gasteiger partial charge on any atom is -0.497 e. The predicted molar refractivity (Wildman–Crippen MR) is 141 cm³/mol. The zero-order valence-electron chi connectivity index (χ0n) is 21.6. The van der Waals surface area contributed by atoms with Gasteiger partial charge in [0, 0.05) is 55.4 Å². The van der Waals surface area contributed by atoms with Crippen LogP contribution in [0.15, 0.2) is 72.0 Å². The van der Waals surface area contributed by atoms with Crippen molar-refractivity contribution in [2.75, 3.05) is 50.2 Å². The van der Waals surface area contributed by atoms with E-state index < -0.39 is 23.8 Å². The molecule has 0 spiro atoms. The number of nitrogens with zero attached hydrogens (tertiary/aromatic N) is 5. The molecular weight excluding hydrogens is 511 g/mol. The number of alkyl halides is 3. The second-order valence-corrected chi connectivity index (χ2v) is 9.24. The second-order valence-electron chi connectivity index (χ2n) is 9.24. The van der Waals surface area contributed by atoms with Crippen LogP contribution in [0.5, 0.6) is 5.75 Å². The van der Waals surface area contributed by atoms with E-state index in [0.717, 1.165) is 23.6 Å². The molecule has 1 atom stereocenters. The van der Waals surface area contributed by atoms with Crippen molar-refractivity contribution in [1.29, 1.82) is 0 Å². The lowest BCUT2D eigenvalue weighted by atomic mass is 9.98. The lowest BCUT2D eigenvalue weighted by Crippen LogP contribution is -2.55. The van der Waals surface area contributed by atoms with Gasteiger partial charge in [0.15, 0.2) is 0 Å². The molecule has 2 aromatic carbocycles. The molecule has 0 amide bonds. The maximum absolute atomic E-state index is 13.7. The smallest absolute Gasteiger partial charge is 0.416 e. The number of aliphatic imine (C=N–C) groups is 1. The summed E-state index contributed by atoms with van der Waals surface area (Å²) < 4.78 is 51.4. The Morgan fingerprint density at radius 2 is 1.69 bits per heavy atom. The number of fused-ring (bicyclic) bond motifs is 1. The lowest BCUT2D eigenvalue weighted by Gasteiger charge is -2.45. The third kappa shape index (κ3) is 5.47. The van der Waals surface area contributed by atoms with E-state index >= 15 is 0 Å². The number of guanidine groups is 1. The van der Waals surface area contributed by atoms with Crippen LogP contribution in [-0.4, -0.2) is 62.2 Å². The van der Waals surface area contributed by atoms with Gasteiger partial charge in [0.25, 0.3) is 0 Å². The van der Waals surface area contributed by atoms with Crippen LogP contribution in [-0.2, 0) is 15.7 Å². The van der Waals surface area contributed by atoms with E-state index in [2.05, 4.69) is 9.88 Å². The van der Waals surface area contributed by atoms with Gasteiger partial charge >= 0.3 is 12.1 Å². The Bertz CT molecular complexity index is 1370. The van der Waals surface area contributed by atoms with Gasteiger partial charge in [-0.2, -0.15) is 13.2 Å². The minimum atomic E-state index is -4.52. The van der Waals surface area contributed by atoms with Crippen LogP contribution in [0.2, 0.25) is 0 Å². The van der Waals surface area contributed by atoms with Gasteiger partial charge < -0.3 is 24.2 Å². The molecule has 204 valence electrons. The Balaban J connectivity index is 1.53. The molecular formula is C28H28F3N5O3. The third-order valence-corrected chi connectivity index (χ3v) is 6.96. The molecule has 8 nitrogen and oxygen atoms in total. The summed E-state index contributed by atoms with van der Waals surface area (Å²) in [6.45, 7) is 2.44. The van der Waals surface area contributed by atoms with E-state index in [0.29, 0.717) is 43.4 Å². The number of carbonyl (C=O) groups is 1. The molecule has 1 fully saturated rings. The van der Waals surface area contributed by atoms with Gasteiger partial charge in [-0.25, -0.2) is 4.99 Å². The normalized spacial score (nSPS) is 17.4. The highest BCUT2D eigenvalue weighted by Gasteiger charge is 2.38. The first-order chi connectivity index (χ1) is 18.8. The molecule has 5 rings (SSSR count). The molecule has 0 saturated carbocycles. The second kappa shape index (κ2) is 10.8. The van der Waals surface area contributed by atoms with Crippen LogP contribution >= 0.6 is 0 Å². The molecule has 2 aliphatic rings. The van der Waals surface area contributed by atoms with Crippen molar-refractivity contribution in [3.8, 4) is 5.75 Å². The summed E-state index contributed by atoms with van der Waals surface area (Å²) in [5.41, 5.74) is 1.79. The number of hydrogen-bond donors (Lipinski definition) is 0. The van der Waals surface area contributed by atoms with Gasteiger partial charge in [-0.15, -0.1) is 0 Å². The number of anilines is 2. The summed E-state index contributed by atoms with van der Waals surface area (Å²) >= 11 is 0. The molecule has 1 aromatic heterocycles. The quantitative estimate of drug-likeness (QED) is 0.421. The number of benzene rings is 2. The molecule has 3 heterocycles. The van der Waals surface area contributed by atoms with E-state index in [9.17, 15) is 18.0 Å². The van der Waals surface area contributed by atoms with Crippen molar-refractivity contribution in [2.24, 2.45) is 4.99 Å². The van der Waals surface area contributed by atoms with Gasteiger partial charge in [-0.3, -0.25) is 9.78 Å². The zero-order valence-corrected chi connectivity index (χ0v) is 21.6. The standard InChI is InChI=1S/C28H28F3N5O3/c1-38-22-8-4-6-20(16-22)34-11-13-35(14-12-34)27-33-24-18-32-10-9-23(24)25(17-26(37)39-2)36(27)21-7-3-5-19(15-21)28(29,30)31/h3-10,15-16,18,25H,11-14,17H2,1-2H3. The number of esters is 1. The number of hydrogen-bond acceptors (Lipinski definition) is 8. The first kappa shape index (κ1) is 26.3. The highest BCUT2D eigenvalue weighted by molar-refractivity contribution is 6.01. The topological polar surface area (TPSA) is 70.5 Å². The van der Waals surface area contributed by atoms with Gasteiger partial charge in [0.1, 0.15) is 5.75 Å². The summed E-state index contributed by atoms with van der Waals surface area (Å²) in [4.78, 5) is 27.5. The maximum atomic E-state index is 13.7. The van der Waals surface area contributed by atoms with E-state index in [-0.39, 0.29) is 12.1 Å². The maximum Gasteiger partial charge on any atom is 0.416 e. The van der Waals surface area contributed by atoms with E-state index in [1.165, 1.54) is 13.2 Å². The van der Waals surface area contributed by atoms with Crippen LogP contribution in [0.4, 0.5) is 30.2 Å². The predicted octanol–water partition coefficient (Wildman–Crippen LogP) is 5.04. The average molecular weight is 540 g/mol. The monoisotopic (exact) mass is 539 g/mol. The van der Waals surface area contributed by atoms with Gasteiger partial charge in [0.2, 0.25) is 5.96 Å². The Hall–Kier alpha value is -4.28. The van der Waals surface area contributed by atoms with E-state index in [4.69, 9.17) is 14.5 Å². The summed E-state index contributed by atoms with van der Waals surface area (Å²) in [7, 11) is 2.91. The van der Waals surface area contributed by atoms with Crippen molar-refractivity contribution >= 4 is 29.0 Å². The Kier molecular flexibility index (Phi) is 7.32. The molecule has 0 bridgehead atoms. The number of rotatable bonds is 5. The first-order valence-corrected chi connectivity index (χ1v) is 12.5. The first-order valence-electron chi connectivity index (χ1n) is 12.5. The Morgan fingerprint density at radius 1 is 0.974 bits per heavy atom. The van der Waals surface area contributed by atoms with Crippen LogP contribution in [0, 0.1) is 0 Å². The number of ether oxygens (including phenoxy) is 2. The van der Waals surface area contributed by atoms with Crippen molar-refractivity contribution < 1.29 is 27.4 Å². The molecule has 39 heavy (non-hydrogen) atoms. The average Bonchev–Trinajstić information content (AvgIpc) is 2.96. The number of pyridine rings is 1. The van der Waals surface area contributed by atoms with Gasteiger partial charge in [0.05, 0.1) is 44.1 Å². The molecule has 3 aromatic rings. The summed E-state index contributed by atoms with van der Waals surface area (Å²) in [5, 5.41) is 0. The van der Waals surface area contributed by atoms with E-state index in [1.807, 2.05) is 29.2 Å². The SMILES string of the molecule is COC(=O)CC1c2ccncc2N=C(N2CCN(c3cccc(OC)c3)CC2)N1c1cccc(C(F)(F)F)c1. The summed E-state index contributed by atoms with van der Waals surface area (Å²) in [6, 6.07) is 14.0. The molecule has 2 aliphatic heterocycles. The lowest BCUT2D eigenvalue weighted by molar-refractivity contribution is -0.141. The number of piperazine rings is 1. The molecule has 1 saturated heterocycles. The van der Waals surface area contributed by atoms with Crippen LogP contribution in [0.3, 0.4) is 0 Å². The Morgan fingerprint density at radius 3 is 2.41 bits per heavy atom. The fourth-order valence-electron chi connectivity index (χ4n) is 4.98. The van der Waals surface area contributed by atoms with E-state index in [1.54, 1.807) is 36.5 Å². The van der Waals surface area contributed by atoms with Crippen LogP contribution in [0.1, 0.15) is 23.6 Å². The highest BCUT2D eigenvalue weighted by Crippen LogP contribution is 2.42. The van der Waals surface area contributed by atoms with Crippen molar-refractivity contribution in [1.82, 2.24) is 9.88 Å². The minimum absolute atomic E-state index is 0.0768. The van der Waals surface area contributed by atoms with Crippen molar-refractivity contribution in [2.45, 2.75) is 18.6 Å². The Labute approximate surface area is 224 Å². The van der Waals surface area contributed by atoms with Gasteiger partial charge in [-0.1, -0.05) is 12.1 Å². The molecule has 0 radical (unpaired) electrons. The fourth-order valence-corrected chi connectivity index (χ4v) is 4.98. The molecule has 0 aliphatic carbocycles. The zero-order chi connectivity index (χ0) is 27.6. The van der Waals surface area contributed by atoms with Crippen LogP contribution < -0.4 is 14.5 Å². The number of methoxy groups -OCH3 is 2. The summed E-state index contributed by atoms with van der Waals surface area (Å²) in [5.74, 6) is 0.745. The largest absolute Gasteiger partial charge is 0.497 e. The molecule has 11 heteroatoms.